The van der Waals surface area contributed by atoms with Crippen molar-refractivity contribution in [1.29, 1.82) is 0 Å². The minimum absolute atomic E-state index is 0.253. The van der Waals surface area contributed by atoms with E-state index in [9.17, 15) is 10.2 Å². The van der Waals surface area contributed by atoms with Gasteiger partial charge in [-0.25, -0.2) is 0 Å². The van der Waals surface area contributed by atoms with Crippen molar-refractivity contribution in [2.24, 2.45) is 5.92 Å². The molecule has 4 heteroatoms. The maximum absolute atomic E-state index is 10.1. The maximum atomic E-state index is 10.1. The van der Waals surface area contributed by atoms with Crippen LogP contribution in [0.4, 0.5) is 0 Å². The molecule has 0 radical (unpaired) electrons. The number of hydrogen-bond donors (Lipinski definition) is 2. The Hall–Kier alpha value is -1.26. The zero-order valence-electron chi connectivity index (χ0n) is 12.9. The van der Waals surface area contributed by atoms with Crippen molar-refractivity contribution in [3.05, 3.63) is 23.8 Å². The number of hydrogen-bond acceptors (Lipinski definition) is 4. The largest absolute Gasteiger partial charge is 0.497 e. The molecule has 0 aliphatic heterocycles. The summed E-state index contributed by atoms with van der Waals surface area (Å²) in [5.41, 5.74) is 0.712. The van der Waals surface area contributed by atoms with E-state index in [1.807, 2.05) is 0 Å². The van der Waals surface area contributed by atoms with E-state index in [1.165, 1.54) is 25.7 Å². The van der Waals surface area contributed by atoms with Gasteiger partial charge in [0.1, 0.15) is 18.1 Å². The molecule has 118 valence electrons. The smallest absolute Gasteiger partial charge is 0.128 e. The molecule has 1 saturated carbocycles. The fourth-order valence-corrected chi connectivity index (χ4v) is 3.00. The van der Waals surface area contributed by atoms with Gasteiger partial charge in [-0.05, 0) is 31.4 Å². The molecule has 0 aromatic heterocycles. The number of benzene rings is 1. The Morgan fingerprint density at radius 3 is 2.57 bits per heavy atom. The topological polar surface area (TPSA) is 58.9 Å². The summed E-state index contributed by atoms with van der Waals surface area (Å²) in [7, 11) is 1.59. The summed E-state index contributed by atoms with van der Waals surface area (Å²) in [5.74, 6) is 1.89. The Kier molecular flexibility index (Phi) is 5.88. The molecule has 1 unspecified atom stereocenters. The predicted octanol–water partition coefficient (Wildman–Crippen LogP) is 3.07. The van der Waals surface area contributed by atoms with E-state index in [1.54, 1.807) is 32.2 Å². The number of rotatable bonds is 7. The summed E-state index contributed by atoms with van der Waals surface area (Å²) in [6.45, 7) is 1.95. The lowest BCUT2D eigenvalue weighted by Crippen LogP contribution is -2.21. The third kappa shape index (κ3) is 4.61. The molecule has 0 amide bonds. The van der Waals surface area contributed by atoms with Gasteiger partial charge in [-0.3, -0.25) is 0 Å². The highest BCUT2D eigenvalue weighted by Gasteiger charge is 2.20. The molecule has 2 atom stereocenters. The average molecular weight is 294 g/mol. The van der Waals surface area contributed by atoms with Crippen LogP contribution in [0.15, 0.2) is 18.2 Å². The molecule has 2 rings (SSSR count). The normalized spacial score (nSPS) is 18.5. The van der Waals surface area contributed by atoms with Crippen molar-refractivity contribution in [2.75, 3.05) is 13.7 Å². The summed E-state index contributed by atoms with van der Waals surface area (Å²) in [6, 6.07) is 5.34. The second-order valence-corrected chi connectivity index (χ2v) is 5.93. The number of aliphatic hydroxyl groups is 2. The Morgan fingerprint density at radius 1 is 1.24 bits per heavy atom. The summed E-state index contributed by atoms with van der Waals surface area (Å²) >= 11 is 0. The van der Waals surface area contributed by atoms with Gasteiger partial charge in [0, 0.05) is 11.6 Å². The molecular weight excluding hydrogens is 268 g/mol. The van der Waals surface area contributed by atoms with Crippen LogP contribution in [0.5, 0.6) is 11.5 Å². The van der Waals surface area contributed by atoms with Gasteiger partial charge in [0.25, 0.3) is 0 Å². The molecule has 1 aliphatic carbocycles. The van der Waals surface area contributed by atoms with Crippen molar-refractivity contribution in [2.45, 2.75) is 51.2 Å². The monoisotopic (exact) mass is 294 g/mol. The van der Waals surface area contributed by atoms with Crippen molar-refractivity contribution in [3.8, 4) is 11.5 Å². The number of methoxy groups -OCH3 is 1. The Bertz CT molecular complexity index is 438. The SMILES string of the molecule is COc1ccc([C@H](C)O)c(OCC(O)CC2CCCC2)c1. The molecule has 1 aliphatic rings. The number of aliphatic hydroxyl groups excluding tert-OH is 2. The first-order valence-electron chi connectivity index (χ1n) is 7.77. The molecule has 0 saturated heterocycles. The lowest BCUT2D eigenvalue weighted by Gasteiger charge is -2.19. The van der Waals surface area contributed by atoms with Gasteiger partial charge in [-0.1, -0.05) is 25.7 Å². The minimum atomic E-state index is -0.613. The van der Waals surface area contributed by atoms with Crippen LogP contribution >= 0.6 is 0 Å². The third-order valence-corrected chi connectivity index (χ3v) is 4.18. The zero-order chi connectivity index (χ0) is 15.2. The van der Waals surface area contributed by atoms with E-state index in [0.29, 0.717) is 23.0 Å². The van der Waals surface area contributed by atoms with E-state index in [-0.39, 0.29) is 6.61 Å². The molecule has 1 aromatic rings. The third-order valence-electron chi connectivity index (χ3n) is 4.18. The van der Waals surface area contributed by atoms with Gasteiger partial charge >= 0.3 is 0 Å². The summed E-state index contributed by atoms with van der Waals surface area (Å²) in [6.07, 6.45) is 4.72. The van der Waals surface area contributed by atoms with Crippen LogP contribution in [0.25, 0.3) is 0 Å². The lowest BCUT2D eigenvalue weighted by molar-refractivity contribution is 0.0831. The highest BCUT2D eigenvalue weighted by atomic mass is 16.5. The molecule has 4 nitrogen and oxygen atoms in total. The fourth-order valence-electron chi connectivity index (χ4n) is 3.00. The maximum Gasteiger partial charge on any atom is 0.128 e. The second-order valence-electron chi connectivity index (χ2n) is 5.93. The minimum Gasteiger partial charge on any atom is -0.497 e. The molecular formula is C17H26O4. The van der Waals surface area contributed by atoms with Crippen molar-refractivity contribution < 1.29 is 19.7 Å². The predicted molar refractivity (Wildman–Crippen MR) is 81.7 cm³/mol. The molecule has 2 N–H and O–H groups in total. The molecule has 21 heavy (non-hydrogen) atoms. The lowest BCUT2D eigenvalue weighted by atomic mass is 10.0. The van der Waals surface area contributed by atoms with Gasteiger partial charge in [0.2, 0.25) is 0 Å². The van der Waals surface area contributed by atoms with Crippen LogP contribution in [0.2, 0.25) is 0 Å². The van der Waals surface area contributed by atoms with Gasteiger partial charge in [0.05, 0.1) is 19.3 Å². The summed E-state index contributed by atoms with van der Waals surface area (Å²) < 4.78 is 10.9. The second kappa shape index (κ2) is 7.66. The van der Waals surface area contributed by atoms with E-state index in [0.717, 1.165) is 6.42 Å². The molecule has 0 spiro atoms. The van der Waals surface area contributed by atoms with Crippen LogP contribution in [-0.2, 0) is 0 Å². The van der Waals surface area contributed by atoms with Gasteiger partial charge in [-0.15, -0.1) is 0 Å². The Labute approximate surface area is 126 Å². The van der Waals surface area contributed by atoms with E-state index in [2.05, 4.69) is 0 Å². The van der Waals surface area contributed by atoms with E-state index < -0.39 is 12.2 Å². The molecule has 1 aromatic carbocycles. The summed E-state index contributed by atoms with van der Waals surface area (Å²) in [4.78, 5) is 0. The highest BCUT2D eigenvalue weighted by Crippen LogP contribution is 2.31. The van der Waals surface area contributed by atoms with Crippen molar-refractivity contribution >= 4 is 0 Å². The van der Waals surface area contributed by atoms with Crippen LogP contribution in [-0.4, -0.2) is 30.0 Å². The zero-order valence-corrected chi connectivity index (χ0v) is 12.9. The van der Waals surface area contributed by atoms with Gasteiger partial charge in [0.15, 0.2) is 0 Å². The molecule has 0 bridgehead atoms. The quantitative estimate of drug-likeness (QED) is 0.811. The fraction of sp³-hybridized carbons (Fsp3) is 0.647. The van der Waals surface area contributed by atoms with Crippen molar-refractivity contribution in [3.63, 3.8) is 0 Å². The van der Waals surface area contributed by atoms with Crippen LogP contribution < -0.4 is 9.47 Å². The standard InChI is InChI=1S/C17H26O4/c1-12(18)16-8-7-15(20-2)10-17(16)21-11-14(19)9-13-5-3-4-6-13/h7-8,10,12-14,18-19H,3-6,9,11H2,1-2H3/t12-,14?/m0/s1. The molecule has 1 fully saturated rings. The number of ether oxygens (including phenoxy) is 2. The van der Waals surface area contributed by atoms with E-state index >= 15 is 0 Å². The first kappa shape index (κ1) is 16.1. The first-order chi connectivity index (χ1) is 10.1. The first-order valence-corrected chi connectivity index (χ1v) is 7.77. The average Bonchev–Trinajstić information content (AvgIpc) is 2.97. The van der Waals surface area contributed by atoms with E-state index in [4.69, 9.17) is 9.47 Å². The Morgan fingerprint density at radius 2 is 1.95 bits per heavy atom. The van der Waals surface area contributed by atoms with Crippen molar-refractivity contribution in [1.82, 2.24) is 0 Å². The van der Waals surface area contributed by atoms with Crippen LogP contribution in [0.1, 0.15) is 50.7 Å². The van der Waals surface area contributed by atoms with Gasteiger partial charge < -0.3 is 19.7 Å². The summed E-state index contributed by atoms with van der Waals surface area (Å²) in [5, 5.41) is 19.9. The van der Waals surface area contributed by atoms with Crippen LogP contribution in [0, 0.1) is 5.92 Å². The Balaban J connectivity index is 1.94. The highest BCUT2D eigenvalue weighted by molar-refractivity contribution is 5.41. The molecule has 0 heterocycles. The van der Waals surface area contributed by atoms with Crippen LogP contribution in [0.3, 0.4) is 0 Å². The van der Waals surface area contributed by atoms with Gasteiger partial charge in [-0.2, -0.15) is 0 Å².